The van der Waals surface area contributed by atoms with Crippen LogP contribution >= 0.6 is 0 Å². The van der Waals surface area contributed by atoms with Gasteiger partial charge in [0.1, 0.15) is 6.04 Å². The molecule has 1 aliphatic heterocycles. The molecule has 1 aromatic rings. The first kappa shape index (κ1) is 14.4. The van der Waals surface area contributed by atoms with Gasteiger partial charge in [-0.15, -0.1) is 0 Å². The molecule has 1 N–H and O–H groups in total. The second kappa shape index (κ2) is 6.41. The Morgan fingerprint density at radius 3 is 2.90 bits per heavy atom. The number of methoxy groups -OCH3 is 1. The van der Waals surface area contributed by atoms with Crippen LogP contribution < -0.4 is 10.2 Å². The molecule has 1 aromatic carbocycles. The fourth-order valence-corrected chi connectivity index (χ4v) is 2.36. The molecular formula is C15H20N2O3. The highest BCUT2D eigenvalue weighted by Gasteiger charge is 2.22. The minimum atomic E-state index is -0.371. The third kappa shape index (κ3) is 3.10. The van der Waals surface area contributed by atoms with Crippen molar-refractivity contribution in [3.05, 3.63) is 24.3 Å². The van der Waals surface area contributed by atoms with Crippen LogP contribution in [0.25, 0.3) is 0 Å². The molecule has 1 fully saturated rings. The molecule has 0 radical (unpaired) electrons. The highest BCUT2D eigenvalue weighted by molar-refractivity contribution is 5.95. The number of hydrogen-bond acceptors (Lipinski definition) is 4. The van der Waals surface area contributed by atoms with E-state index >= 15 is 0 Å². The van der Waals surface area contributed by atoms with Crippen molar-refractivity contribution in [2.45, 2.75) is 32.2 Å². The van der Waals surface area contributed by atoms with Gasteiger partial charge in [-0.05, 0) is 31.0 Å². The van der Waals surface area contributed by atoms with Crippen molar-refractivity contribution in [1.29, 1.82) is 0 Å². The Hall–Kier alpha value is -2.04. The first-order chi connectivity index (χ1) is 9.65. The Bertz CT molecular complexity index is 502. The lowest BCUT2D eigenvalue weighted by Gasteiger charge is -2.19. The molecule has 0 saturated carbocycles. The molecular weight excluding hydrogens is 256 g/mol. The summed E-state index contributed by atoms with van der Waals surface area (Å²) < 4.78 is 4.76. The van der Waals surface area contributed by atoms with Crippen molar-refractivity contribution in [3.63, 3.8) is 0 Å². The van der Waals surface area contributed by atoms with E-state index in [2.05, 4.69) is 5.32 Å². The van der Waals surface area contributed by atoms with Crippen LogP contribution in [0.1, 0.15) is 26.2 Å². The SMILES string of the molecule is CCC(Nc1cccc(N2CCCC2=O)c1)C(=O)OC. The summed E-state index contributed by atoms with van der Waals surface area (Å²) in [7, 11) is 1.38. The summed E-state index contributed by atoms with van der Waals surface area (Å²) in [6.07, 6.45) is 2.15. The van der Waals surface area contributed by atoms with Crippen LogP contribution in [0.3, 0.4) is 0 Å². The van der Waals surface area contributed by atoms with Gasteiger partial charge in [-0.1, -0.05) is 13.0 Å². The quantitative estimate of drug-likeness (QED) is 0.837. The zero-order chi connectivity index (χ0) is 14.5. The van der Waals surface area contributed by atoms with Gasteiger partial charge in [0.15, 0.2) is 0 Å². The first-order valence-electron chi connectivity index (χ1n) is 6.90. The molecule has 0 spiro atoms. The summed E-state index contributed by atoms with van der Waals surface area (Å²) >= 11 is 0. The van der Waals surface area contributed by atoms with Crippen LogP contribution in [-0.4, -0.2) is 31.6 Å². The third-order valence-electron chi connectivity index (χ3n) is 3.47. The number of anilines is 2. The number of nitrogens with one attached hydrogen (secondary N) is 1. The zero-order valence-corrected chi connectivity index (χ0v) is 11.9. The van der Waals surface area contributed by atoms with E-state index < -0.39 is 0 Å². The highest BCUT2D eigenvalue weighted by atomic mass is 16.5. The maximum absolute atomic E-state index is 11.8. The van der Waals surface area contributed by atoms with E-state index in [-0.39, 0.29) is 17.9 Å². The molecule has 5 nitrogen and oxygen atoms in total. The molecule has 0 bridgehead atoms. The number of esters is 1. The van der Waals surface area contributed by atoms with E-state index in [0.717, 1.165) is 24.3 Å². The predicted octanol–water partition coefficient (Wildman–Crippen LogP) is 2.18. The summed E-state index contributed by atoms with van der Waals surface area (Å²) in [6, 6.07) is 7.20. The Morgan fingerprint density at radius 1 is 1.50 bits per heavy atom. The number of benzene rings is 1. The summed E-state index contributed by atoms with van der Waals surface area (Å²) in [4.78, 5) is 25.1. The number of amides is 1. The molecule has 1 atom stereocenters. The van der Waals surface area contributed by atoms with E-state index in [1.165, 1.54) is 7.11 Å². The smallest absolute Gasteiger partial charge is 0.328 e. The summed E-state index contributed by atoms with van der Waals surface area (Å²) in [5, 5.41) is 3.15. The lowest BCUT2D eigenvalue weighted by atomic mass is 10.2. The van der Waals surface area contributed by atoms with Crippen LogP contribution in [0.2, 0.25) is 0 Å². The van der Waals surface area contributed by atoms with E-state index in [0.29, 0.717) is 12.8 Å². The molecule has 1 unspecified atom stereocenters. The van der Waals surface area contributed by atoms with Crippen molar-refractivity contribution in [1.82, 2.24) is 0 Å². The third-order valence-corrected chi connectivity index (χ3v) is 3.47. The van der Waals surface area contributed by atoms with Gasteiger partial charge >= 0.3 is 5.97 Å². The van der Waals surface area contributed by atoms with E-state index in [4.69, 9.17) is 4.74 Å². The van der Waals surface area contributed by atoms with E-state index in [1.807, 2.05) is 31.2 Å². The standard InChI is InChI=1S/C15H20N2O3/c1-3-13(15(19)20-2)16-11-6-4-7-12(10-11)17-9-5-8-14(17)18/h4,6-7,10,13,16H,3,5,8-9H2,1-2H3. The Labute approximate surface area is 118 Å². The second-order valence-corrected chi connectivity index (χ2v) is 4.83. The maximum atomic E-state index is 11.8. The van der Waals surface area contributed by atoms with Gasteiger partial charge in [0, 0.05) is 24.3 Å². The molecule has 0 aliphatic carbocycles. The topological polar surface area (TPSA) is 58.6 Å². The highest BCUT2D eigenvalue weighted by Crippen LogP contribution is 2.24. The Balaban J connectivity index is 2.13. The van der Waals surface area contributed by atoms with Crippen molar-refractivity contribution in [3.8, 4) is 0 Å². The van der Waals surface area contributed by atoms with Gasteiger partial charge in [-0.25, -0.2) is 4.79 Å². The molecule has 1 amide bonds. The fourth-order valence-electron chi connectivity index (χ4n) is 2.36. The molecule has 5 heteroatoms. The van der Waals surface area contributed by atoms with Crippen molar-refractivity contribution >= 4 is 23.3 Å². The fraction of sp³-hybridized carbons (Fsp3) is 0.467. The van der Waals surface area contributed by atoms with Crippen LogP contribution in [-0.2, 0) is 14.3 Å². The van der Waals surface area contributed by atoms with Crippen molar-refractivity contribution in [2.24, 2.45) is 0 Å². The largest absolute Gasteiger partial charge is 0.467 e. The maximum Gasteiger partial charge on any atom is 0.328 e. The lowest BCUT2D eigenvalue weighted by molar-refractivity contribution is -0.141. The van der Waals surface area contributed by atoms with E-state index in [9.17, 15) is 9.59 Å². The van der Waals surface area contributed by atoms with Crippen LogP contribution in [0.4, 0.5) is 11.4 Å². The Morgan fingerprint density at radius 2 is 2.30 bits per heavy atom. The minimum Gasteiger partial charge on any atom is -0.467 e. The number of nitrogens with zero attached hydrogens (tertiary/aromatic N) is 1. The van der Waals surface area contributed by atoms with Crippen LogP contribution in [0, 0.1) is 0 Å². The monoisotopic (exact) mass is 276 g/mol. The normalized spacial score (nSPS) is 16.1. The van der Waals surface area contributed by atoms with Gasteiger partial charge in [0.2, 0.25) is 5.91 Å². The van der Waals surface area contributed by atoms with E-state index in [1.54, 1.807) is 4.90 Å². The molecule has 1 saturated heterocycles. The molecule has 20 heavy (non-hydrogen) atoms. The van der Waals surface area contributed by atoms with Gasteiger partial charge in [-0.3, -0.25) is 4.79 Å². The lowest BCUT2D eigenvalue weighted by Crippen LogP contribution is -2.30. The number of carbonyl (C=O) groups excluding carboxylic acids is 2. The summed E-state index contributed by atoms with van der Waals surface area (Å²) in [5.41, 5.74) is 1.69. The van der Waals surface area contributed by atoms with Gasteiger partial charge in [0.05, 0.1) is 7.11 Å². The molecule has 1 aliphatic rings. The van der Waals surface area contributed by atoms with Gasteiger partial charge in [0.25, 0.3) is 0 Å². The van der Waals surface area contributed by atoms with Crippen LogP contribution in [0.15, 0.2) is 24.3 Å². The van der Waals surface area contributed by atoms with Gasteiger partial charge in [-0.2, -0.15) is 0 Å². The second-order valence-electron chi connectivity index (χ2n) is 4.83. The number of rotatable bonds is 5. The van der Waals surface area contributed by atoms with Gasteiger partial charge < -0.3 is 15.0 Å². The summed E-state index contributed by atoms with van der Waals surface area (Å²) in [6.45, 7) is 2.68. The average molecular weight is 276 g/mol. The number of carbonyl (C=O) groups is 2. The molecule has 2 rings (SSSR count). The first-order valence-corrected chi connectivity index (χ1v) is 6.90. The Kier molecular flexibility index (Phi) is 4.61. The minimum absolute atomic E-state index is 0.155. The number of ether oxygens (including phenoxy) is 1. The zero-order valence-electron chi connectivity index (χ0n) is 11.9. The number of hydrogen-bond donors (Lipinski definition) is 1. The average Bonchev–Trinajstić information content (AvgIpc) is 2.90. The van der Waals surface area contributed by atoms with Crippen molar-refractivity contribution < 1.29 is 14.3 Å². The molecule has 0 aromatic heterocycles. The molecule has 108 valence electrons. The predicted molar refractivity (Wildman–Crippen MR) is 77.7 cm³/mol. The molecule has 1 heterocycles. The van der Waals surface area contributed by atoms with Crippen LogP contribution in [0.5, 0.6) is 0 Å². The van der Waals surface area contributed by atoms with Crippen molar-refractivity contribution in [2.75, 3.05) is 23.9 Å². The summed E-state index contributed by atoms with van der Waals surface area (Å²) in [5.74, 6) is -0.127.